The lowest BCUT2D eigenvalue weighted by atomic mass is 10.3. The Kier molecular flexibility index (Phi) is 5.54. The zero-order valence-corrected chi connectivity index (χ0v) is 11.7. The summed E-state index contributed by atoms with van der Waals surface area (Å²) in [6.45, 7) is 6.88. The molecule has 0 heterocycles. The number of rotatable bonds is 6. The minimum Gasteiger partial charge on any atom is -0.318 e. The van der Waals surface area contributed by atoms with Crippen molar-refractivity contribution in [3.63, 3.8) is 0 Å². The molecule has 0 saturated heterocycles. The Morgan fingerprint density at radius 1 is 1.12 bits per heavy atom. The minimum absolute atomic E-state index is 0.647. The van der Waals surface area contributed by atoms with E-state index in [4.69, 9.17) is 20.6 Å². The first-order chi connectivity index (χ1) is 7.67. The van der Waals surface area contributed by atoms with Crippen LogP contribution in [0.2, 0.25) is 5.02 Å². The van der Waals surface area contributed by atoms with E-state index in [1.807, 2.05) is 31.2 Å². The quantitative estimate of drug-likeness (QED) is 0.695. The summed E-state index contributed by atoms with van der Waals surface area (Å²) in [5.41, 5.74) is 0. The molecule has 0 aliphatic heterocycles. The van der Waals surface area contributed by atoms with E-state index in [1.54, 1.807) is 0 Å². The molecule has 0 unspecified atom stereocenters. The van der Waals surface area contributed by atoms with Crippen molar-refractivity contribution in [1.82, 2.24) is 0 Å². The smallest absolute Gasteiger partial charge is 0.318 e. The van der Waals surface area contributed by atoms with E-state index in [0.29, 0.717) is 11.6 Å². The van der Waals surface area contributed by atoms with Gasteiger partial charge in [-0.15, -0.1) is 0 Å². The average Bonchev–Trinajstić information content (AvgIpc) is 2.31. The molecule has 1 aromatic rings. The maximum Gasteiger partial charge on any atom is 0.319 e. The van der Waals surface area contributed by atoms with Crippen LogP contribution >= 0.6 is 19.3 Å². The summed E-state index contributed by atoms with van der Waals surface area (Å²) in [5, 5.41) is 0.647. The number of para-hydroxylation sites is 1. The maximum atomic E-state index is 6.08. The molecular weight excluding hydrogens is 243 g/mol. The normalized spacial score (nSPS) is 11.5. The molecule has 0 bridgehead atoms. The van der Waals surface area contributed by atoms with E-state index in [-0.39, 0.29) is 0 Å². The standard InChI is InChI=1S/C12H19ClO2P/c1-4-14-16(5-2,6-3)15-12-10-8-7-9-11(12)13/h7-10H,4-6H2,1-3H3/q+1. The Bertz CT molecular complexity index is 327. The van der Waals surface area contributed by atoms with Crippen molar-refractivity contribution < 1.29 is 9.05 Å². The molecule has 0 spiro atoms. The van der Waals surface area contributed by atoms with Crippen LogP contribution in [0.3, 0.4) is 0 Å². The molecule has 1 rings (SSSR count). The number of hydrogen-bond acceptors (Lipinski definition) is 2. The number of hydrogen-bond donors (Lipinski definition) is 0. The lowest BCUT2D eigenvalue weighted by Crippen LogP contribution is -2.11. The number of halogens is 1. The zero-order valence-electron chi connectivity index (χ0n) is 10.1. The third-order valence-corrected chi connectivity index (χ3v) is 5.93. The van der Waals surface area contributed by atoms with Gasteiger partial charge in [-0.05, 0) is 32.9 Å². The third-order valence-electron chi connectivity index (χ3n) is 2.43. The highest BCUT2D eigenvalue weighted by molar-refractivity contribution is 7.66. The van der Waals surface area contributed by atoms with E-state index >= 15 is 0 Å². The van der Waals surface area contributed by atoms with Gasteiger partial charge in [0.05, 0.1) is 11.6 Å². The van der Waals surface area contributed by atoms with Crippen molar-refractivity contribution in [2.45, 2.75) is 20.8 Å². The maximum absolute atomic E-state index is 6.08. The van der Waals surface area contributed by atoms with Crippen molar-refractivity contribution in [1.29, 1.82) is 0 Å². The summed E-state index contributed by atoms with van der Waals surface area (Å²) >= 11 is 6.08. The fraction of sp³-hybridized carbons (Fsp3) is 0.500. The molecule has 0 atom stereocenters. The van der Waals surface area contributed by atoms with E-state index in [1.165, 1.54) is 0 Å². The Hall–Kier alpha value is -0.300. The first-order valence-electron chi connectivity index (χ1n) is 5.63. The summed E-state index contributed by atoms with van der Waals surface area (Å²) in [6, 6.07) is 7.55. The van der Waals surface area contributed by atoms with Gasteiger partial charge in [0.25, 0.3) is 0 Å². The van der Waals surface area contributed by atoms with E-state index in [0.717, 1.165) is 18.1 Å². The summed E-state index contributed by atoms with van der Waals surface area (Å²) < 4.78 is 11.8. The van der Waals surface area contributed by atoms with E-state index in [2.05, 4.69) is 13.8 Å². The Morgan fingerprint density at radius 3 is 2.25 bits per heavy atom. The Labute approximate surface area is 103 Å². The van der Waals surface area contributed by atoms with Gasteiger partial charge in [0.2, 0.25) is 0 Å². The van der Waals surface area contributed by atoms with Gasteiger partial charge >= 0.3 is 7.72 Å². The average molecular weight is 262 g/mol. The minimum atomic E-state index is -1.79. The fourth-order valence-corrected chi connectivity index (χ4v) is 3.83. The lowest BCUT2D eigenvalue weighted by molar-refractivity contribution is 0.315. The van der Waals surface area contributed by atoms with Crippen molar-refractivity contribution >= 4 is 19.3 Å². The largest absolute Gasteiger partial charge is 0.319 e. The molecule has 16 heavy (non-hydrogen) atoms. The summed E-state index contributed by atoms with van der Waals surface area (Å²) in [6.07, 6.45) is 1.81. The van der Waals surface area contributed by atoms with Gasteiger partial charge in [-0.1, -0.05) is 23.7 Å². The van der Waals surface area contributed by atoms with Crippen LogP contribution in [0.4, 0.5) is 0 Å². The van der Waals surface area contributed by atoms with Gasteiger partial charge in [0.1, 0.15) is 12.3 Å². The number of benzene rings is 1. The van der Waals surface area contributed by atoms with Gasteiger partial charge in [-0.25, -0.2) is 0 Å². The van der Waals surface area contributed by atoms with Gasteiger partial charge in [0.15, 0.2) is 5.75 Å². The van der Waals surface area contributed by atoms with Crippen LogP contribution in [-0.4, -0.2) is 18.9 Å². The molecular formula is C12H19ClO2P+. The second-order valence-electron chi connectivity index (χ2n) is 3.39. The monoisotopic (exact) mass is 261 g/mol. The predicted octanol–water partition coefficient (Wildman–Crippen LogP) is 4.64. The molecule has 0 fully saturated rings. The fourth-order valence-electron chi connectivity index (χ4n) is 1.49. The molecule has 0 N–H and O–H groups in total. The van der Waals surface area contributed by atoms with Crippen LogP contribution < -0.4 is 4.52 Å². The molecule has 0 radical (unpaired) electrons. The van der Waals surface area contributed by atoms with Crippen molar-refractivity contribution in [3.8, 4) is 5.75 Å². The zero-order chi connectivity index (χ0) is 12.0. The van der Waals surface area contributed by atoms with Gasteiger partial charge in [0, 0.05) is 0 Å². The highest BCUT2D eigenvalue weighted by Gasteiger charge is 2.39. The summed E-state index contributed by atoms with van der Waals surface area (Å²) in [4.78, 5) is 0. The molecule has 1 aromatic carbocycles. The van der Waals surface area contributed by atoms with Crippen molar-refractivity contribution in [2.24, 2.45) is 0 Å². The Morgan fingerprint density at radius 2 is 1.75 bits per heavy atom. The van der Waals surface area contributed by atoms with E-state index < -0.39 is 7.72 Å². The summed E-state index contributed by atoms with van der Waals surface area (Å²) in [7, 11) is -1.79. The molecule has 0 aromatic heterocycles. The third kappa shape index (κ3) is 3.35. The highest BCUT2D eigenvalue weighted by Crippen LogP contribution is 2.60. The first kappa shape index (κ1) is 13.8. The van der Waals surface area contributed by atoms with Gasteiger partial charge < -0.3 is 4.52 Å². The van der Waals surface area contributed by atoms with Gasteiger partial charge in [-0.3, -0.25) is 0 Å². The topological polar surface area (TPSA) is 18.5 Å². The van der Waals surface area contributed by atoms with Gasteiger partial charge in [-0.2, -0.15) is 4.52 Å². The molecule has 90 valence electrons. The van der Waals surface area contributed by atoms with Crippen LogP contribution in [0.25, 0.3) is 0 Å². The van der Waals surface area contributed by atoms with Crippen LogP contribution in [0.15, 0.2) is 24.3 Å². The molecule has 0 amide bonds. The van der Waals surface area contributed by atoms with Crippen molar-refractivity contribution in [2.75, 3.05) is 18.9 Å². The first-order valence-corrected chi connectivity index (χ1v) is 8.00. The lowest BCUT2D eigenvalue weighted by Gasteiger charge is -2.22. The molecule has 0 aliphatic rings. The SMILES string of the molecule is CCO[P+](CC)(CC)Oc1ccccc1Cl. The van der Waals surface area contributed by atoms with Crippen LogP contribution in [0.5, 0.6) is 5.75 Å². The van der Waals surface area contributed by atoms with E-state index in [9.17, 15) is 0 Å². The van der Waals surface area contributed by atoms with Crippen LogP contribution in [-0.2, 0) is 4.52 Å². The highest BCUT2D eigenvalue weighted by atomic mass is 35.5. The molecule has 0 saturated carbocycles. The summed E-state index contributed by atoms with van der Waals surface area (Å²) in [5.74, 6) is 0.731. The van der Waals surface area contributed by atoms with Crippen molar-refractivity contribution in [3.05, 3.63) is 29.3 Å². The second-order valence-corrected chi connectivity index (χ2v) is 7.13. The second kappa shape index (κ2) is 6.44. The molecule has 4 heteroatoms. The predicted molar refractivity (Wildman–Crippen MR) is 71.7 cm³/mol. The van der Waals surface area contributed by atoms with Crippen LogP contribution in [0.1, 0.15) is 20.8 Å². The molecule has 2 nitrogen and oxygen atoms in total. The Balaban J connectivity index is 2.87. The molecule has 0 aliphatic carbocycles. The van der Waals surface area contributed by atoms with Crippen LogP contribution in [0, 0.1) is 0 Å².